The number of nitrogens with one attached hydrogen (secondary N) is 1. The summed E-state index contributed by atoms with van der Waals surface area (Å²) in [4.78, 5) is 16.4. The van der Waals surface area contributed by atoms with E-state index in [0.717, 1.165) is 5.39 Å². The normalized spacial score (nSPS) is 10.4. The molecular weight excluding hydrogens is 254 g/mol. The van der Waals surface area contributed by atoms with Crippen LogP contribution < -0.4 is 11.1 Å². The second kappa shape index (κ2) is 4.93. The number of benzene rings is 1. The van der Waals surface area contributed by atoms with Gasteiger partial charge in [0.1, 0.15) is 5.69 Å². The molecule has 20 heavy (non-hydrogen) atoms. The average Bonchev–Trinajstić information content (AvgIpc) is 2.48. The van der Waals surface area contributed by atoms with Crippen LogP contribution >= 0.6 is 0 Å². The van der Waals surface area contributed by atoms with E-state index in [-0.39, 0.29) is 11.6 Å². The van der Waals surface area contributed by atoms with Crippen molar-refractivity contribution in [1.82, 2.24) is 15.2 Å². The highest BCUT2D eigenvalue weighted by Gasteiger charge is 2.11. The Morgan fingerprint density at radius 3 is 2.80 bits per heavy atom. The maximum absolute atomic E-state index is 12.1. The van der Waals surface area contributed by atoms with Crippen molar-refractivity contribution in [3.8, 4) is 0 Å². The SMILES string of the molecule is Nc1cc(C(=O)Nc2cccnn2)nc2ccccc12. The molecule has 3 N–H and O–H groups in total. The van der Waals surface area contributed by atoms with Gasteiger partial charge < -0.3 is 11.1 Å². The number of hydrogen-bond donors (Lipinski definition) is 2. The van der Waals surface area contributed by atoms with Gasteiger partial charge in [0.05, 0.1) is 5.52 Å². The molecule has 0 aliphatic heterocycles. The van der Waals surface area contributed by atoms with Crippen molar-refractivity contribution in [3.63, 3.8) is 0 Å². The lowest BCUT2D eigenvalue weighted by molar-refractivity contribution is 0.102. The predicted molar refractivity (Wildman–Crippen MR) is 76.1 cm³/mol. The Morgan fingerprint density at radius 2 is 2.00 bits per heavy atom. The van der Waals surface area contributed by atoms with Gasteiger partial charge in [-0.15, -0.1) is 5.10 Å². The predicted octanol–water partition coefficient (Wildman–Crippen LogP) is 1.86. The van der Waals surface area contributed by atoms with Gasteiger partial charge in [0, 0.05) is 17.3 Å². The zero-order valence-corrected chi connectivity index (χ0v) is 10.4. The number of aromatic nitrogens is 3. The van der Waals surface area contributed by atoms with Gasteiger partial charge in [0.25, 0.3) is 5.91 Å². The van der Waals surface area contributed by atoms with Crippen LogP contribution in [0.15, 0.2) is 48.7 Å². The Hall–Kier alpha value is -3.02. The van der Waals surface area contributed by atoms with Crippen molar-refractivity contribution in [2.45, 2.75) is 0 Å². The zero-order valence-electron chi connectivity index (χ0n) is 10.4. The van der Waals surface area contributed by atoms with Crippen molar-refractivity contribution in [2.24, 2.45) is 0 Å². The summed E-state index contributed by atoms with van der Waals surface area (Å²) >= 11 is 0. The van der Waals surface area contributed by atoms with Crippen LogP contribution in [0.5, 0.6) is 0 Å². The standard InChI is InChI=1S/C14H11N5O/c15-10-8-12(17-11-5-2-1-4-9(10)11)14(20)18-13-6-3-7-16-19-13/h1-8H,(H2,15,17)(H,18,19,20). The highest BCUT2D eigenvalue weighted by atomic mass is 16.1. The van der Waals surface area contributed by atoms with Crippen LogP contribution in [-0.2, 0) is 0 Å². The number of nitrogens with zero attached hydrogens (tertiary/aromatic N) is 3. The van der Waals surface area contributed by atoms with Crippen LogP contribution in [0, 0.1) is 0 Å². The van der Waals surface area contributed by atoms with Crippen LogP contribution in [0.1, 0.15) is 10.5 Å². The van der Waals surface area contributed by atoms with Crippen molar-refractivity contribution < 1.29 is 4.79 Å². The molecule has 0 aliphatic carbocycles. The first-order valence-corrected chi connectivity index (χ1v) is 5.98. The molecule has 2 aromatic heterocycles. The van der Waals surface area contributed by atoms with E-state index in [1.54, 1.807) is 18.2 Å². The van der Waals surface area contributed by atoms with Crippen molar-refractivity contribution in [1.29, 1.82) is 0 Å². The first-order valence-electron chi connectivity index (χ1n) is 5.98. The minimum atomic E-state index is -0.372. The summed E-state index contributed by atoms with van der Waals surface area (Å²) in [6, 6.07) is 12.3. The number of carbonyl (C=O) groups is 1. The highest BCUT2D eigenvalue weighted by molar-refractivity contribution is 6.05. The third-order valence-corrected chi connectivity index (χ3v) is 2.79. The summed E-state index contributed by atoms with van der Waals surface area (Å²) in [6.07, 6.45) is 1.53. The Labute approximate surface area is 114 Å². The lowest BCUT2D eigenvalue weighted by atomic mass is 10.1. The molecule has 3 rings (SSSR count). The number of fused-ring (bicyclic) bond motifs is 1. The van der Waals surface area contributed by atoms with Crippen LogP contribution in [0.2, 0.25) is 0 Å². The molecule has 6 heteroatoms. The number of nitrogens with two attached hydrogens (primary N) is 1. The number of hydrogen-bond acceptors (Lipinski definition) is 5. The quantitative estimate of drug-likeness (QED) is 0.737. The van der Waals surface area contributed by atoms with Crippen LogP contribution in [0.3, 0.4) is 0 Å². The number of nitrogen functional groups attached to an aromatic ring is 1. The maximum atomic E-state index is 12.1. The Balaban J connectivity index is 1.96. The van der Waals surface area contributed by atoms with Gasteiger partial charge in [-0.25, -0.2) is 4.98 Å². The minimum absolute atomic E-state index is 0.242. The fourth-order valence-corrected chi connectivity index (χ4v) is 1.87. The second-order valence-electron chi connectivity index (χ2n) is 4.18. The molecule has 0 saturated heterocycles. The third-order valence-electron chi connectivity index (χ3n) is 2.79. The summed E-state index contributed by atoms with van der Waals surface area (Å²) in [7, 11) is 0. The summed E-state index contributed by atoms with van der Waals surface area (Å²) < 4.78 is 0. The first-order chi connectivity index (χ1) is 9.74. The molecule has 6 nitrogen and oxygen atoms in total. The molecule has 98 valence electrons. The van der Waals surface area contributed by atoms with Crippen molar-refractivity contribution >= 4 is 28.3 Å². The van der Waals surface area contributed by atoms with Gasteiger partial charge in [-0.05, 0) is 24.3 Å². The fourth-order valence-electron chi connectivity index (χ4n) is 1.87. The van der Waals surface area contributed by atoms with Crippen molar-refractivity contribution in [2.75, 3.05) is 11.1 Å². The number of amides is 1. The van der Waals surface area contributed by atoms with E-state index < -0.39 is 0 Å². The molecule has 3 aromatic rings. The van der Waals surface area contributed by atoms with E-state index in [4.69, 9.17) is 5.73 Å². The number of pyridine rings is 1. The van der Waals surface area contributed by atoms with Gasteiger partial charge in [0.2, 0.25) is 0 Å². The lowest BCUT2D eigenvalue weighted by Gasteiger charge is -2.06. The summed E-state index contributed by atoms with van der Waals surface area (Å²) in [5.41, 5.74) is 7.37. The van der Waals surface area contributed by atoms with Gasteiger partial charge >= 0.3 is 0 Å². The monoisotopic (exact) mass is 265 g/mol. The smallest absolute Gasteiger partial charge is 0.275 e. The molecule has 1 aromatic carbocycles. The van der Waals surface area contributed by atoms with Crippen molar-refractivity contribution in [3.05, 3.63) is 54.4 Å². The molecule has 0 radical (unpaired) electrons. The number of para-hydroxylation sites is 1. The molecule has 0 atom stereocenters. The molecule has 0 spiro atoms. The Kier molecular flexibility index (Phi) is 2.96. The molecule has 2 heterocycles. The molecule has 0 aliphatic rings. The molecule has 0 unspecified atom stereocenters. The molecule has 0 fully saturated rings. The largest absolute Gasteiger partial charge is 0.398 e. The average molecular weight is 265 g/mol. The van der Waals surface area contributed by atoms with Crippen LogP contribution in [-0.4, -0.2) is 21.1 Å². The Morgan fingerprint density at radius 1 is 1.15 bits per heavy atom. The van der Waals surface area contributed by atoms with E-state index >= 15 is 0 Å². The van der Waals surface area contributed by atoms with E-state index in [1.165, 1.54) is 6.20 Å². The molecule has 1 amide bonds. The molecular formula is C14H11N5O. The molecule has 0 saturated carbocycles. The number of rotatable bonds is 2. The Bertz CT molecular complexity index is 773. The van der Waals surface area contributed by atoms with Gasteiger partial charge in [-0.3, -0.25) is 4.79 Å². The summed E-state index contributed by atoms with van der Waals surface area (Å²) in [5, 5.41) is 10.9. The van der Waals surface area contributed by atoms with Gasteiger partial charge in [0.15, 0.2) is 5.82 Å². The highest BCUT2D eigenvalue weighted by Crippen LogP contribution is 2.20. The van der Waals surface area contributed by atoms with E-state index in [2.05, 4.69) is 20.5 Å². The van der Waals surface area contributed by atoms with E-state index in [1.807, 2.05) is 24.3 Å². The topological polar surface area (TPSA) is 93.8 Å². The van der Waals surface area contributed by atoms with Crippen LogP contribution in [0.4, 0.5) is 11.5 Å². The fraction of sp³-hybridized carbons (Fsp3) is 0. The first kappa shape index (κ1) is 12.0. The number of anilines is 2. The zero-order chi connectivity index (χ0) is 13.9. The van der Waals surface area contributed by atoms with E-state index in [9.17, 15) is 4.79 Å². The summed E-state index contributed by atoms with van der Waals surface area (Å²) in [5.74, 6) is -0.00557. The van der Waals surface area contributed by atoms with E-state index in [0.29, 0.717) is 17.0 Å². The van der Waals surface area contributed by atoms with Gasteiger partial charge in [-0.1, -0.05) is 18.2 Å². The second-order valence-corrected chi connectivity index (χ2v) is 4.18. The lowest BCUT2D eigenvalue weighted by Crippen LogP contribution is -2.15. The molecule has 0 bridgehead atoms. The summed E-state index contributed by atoms with van der Waals surface area (Å²) in [6.45, 7) is 0. The van der Waals surface area contributed by atoms with Gasteiger partial charge in [-0.2, -0.15) is 5.10 Å². The third kappa shape index (κ3) is 2.26. The maximum Gasteiger partial charge on any atom is 0.275 e. The number of carbonyl (C=O) groups excluding carboxylic acids is 1. The van der Waals surface area contributed by atoms with Crippen LogP contribution in [0.25, 0.3) is 10.9 Å². The minimum Gasteiger partial charge on any atom is -0.398 e.